The Morgan fingerprint density at radius 1 is 1.05 bits per heavy atom. The van der Waals surface area contributed by atoms with Crippen LogP contribution >= 0.6 is 0 Å². The van der Waals surface area contributed by atoms with Gasteiger partial charge in [-0.3, -0.25) is 0 Å². The molecule has 2 rings (SSSR count). The summed E-state index contributed by atoms with van der Waals surface area (Å²) in [6.07, 6.45) is 0. The molecule has 0 saturated carbocycles. The van der Waals surface area contributed by atoms with E-state index in [2.05, 4.69) is 5.32 Å². The topological polar surface area (TPSA) is 21.3 Å². The maximum absolute atomic E-state index is 13.9. The minimum atomic E-state index is -0.935. The number of rotatable bonds is 5. The summed E-state index contributed by atoms with van der Waals surface area (Å²) < 4.78 is 46.1. The lowest BCUT2D eigenvalue weighted by Crippen LogP contribution is -2.20. The lowest BCUT2D eigenvalue weighted by Gasteiger charge is -2.19. The third-order valence-corrected chi connectivity index (χ3v) is 3.15. The van der Waals surface area contributed by atoms with Crippen LogP contribution in [0.4, 0.5) is 13.2 Å². The molecule has 0 radical (unpaired) electrons. The third-order valence-electron chi connectivity index (χ3n) is 3.15. The molecule has 0 aliphatic rings. The smallest absolute Gasteiger partial charge is 0.134 e. The van der Waals surface area contributed by atoms with Crippen molar-refractivity contribution >= 4 is 0 Å². The molecule has 0 aliphatic carbocycles. The minimum Gasteiger partial charge on any atom is -0.494 e. The molecular formula is C16H16F3NO. The molecule has 1 unspecified atom stereocenters. The van der Waals surface area contributed by atoms with Crippen LogP contribution in [0.2, 0.25) is 0 Å². The van der Waals surface area contributed by atoms with Crippen molar-refractivity contribution in [2.45, 2.75) is 13.0 Å². The van der Waals surface area contributed by atoms with Gasteiger partial charge in [-0.2, -0.15) is 0 Å². The highest BCUT2D eigenvalue weighted by atomic mass is 19.1. The van der Waals surface area contributed by atoms with Gasteiger partial charge in [-0.1, -0.05) is 12.1 Å². The van der Waals surface area contributed by atoms with Crippen LogP contribution in [0, 0.1) is 17.5 Å². The van der Waals surface area contributed by atoms with Crippen molar-refractivity contribution in [3.05, 3.63) is 65.0 Å². The van der Waals surface area contributed by atoms with E-state index in [9.17, 15) is 13.2 Å². The summed E-state index contributed by atoms with van der Waals surface area (Å²) in [4.78, 5) is 0. The molecule has 2 nitrogen and oxygen atoms in total. The zero-order chi connectivity index (χ0) is 15.4. The lowest BCUT2D eigenvalue weighted by molar-refractivity contribution is 0.340. The van der Waals surface area contributed by atoms with E-state index in [0.29, 0.717) is 30.1 Å². The zero-order valence-corrected chi connectivity index (χ0v) is 11.8. The second-order valence-electron chi connectivity index (χ2n) is 4.51. The summed E-state index contributed by atoms with van der Waals surface area (Å²) in [6.45, 7) is 2.41. The van der Waals surface area contributed by atoms with Gasteiger partial charge in [0.1, 0.15) is 23.2 Å². The molecule has 5 heteroatoms. The molecule has 2 aromatic rings. The van der Waals surface area contributed by atoms with Gasteiger partial charge in [0.15, 0.2) is 0 Å². The summed E-state index contributed by atoms with van der Waals surface area (Å²) in [5.41, 5.74) is 0.452. The first-order chi connectivity index (χ1) is 10.1. The quantitative estimate of drug-likeness (QED) is 0.905. The molecule has 0 aromatic heterocycles. The summed E-state index contributed by atoms with van der Waals surface area (Å²) >= 11 is 0. The SMILES string of the molecule is CCOc1ccc(C(NC)c2c(F)cc(F)cc2F)cc1. The van der Waals surface area contributed by atoms with Crippen LogP contribution in [0.15, 0.2) is 36.4 Å². The highest BCUT2D eigenvalue weighted by Gasteiger charge is 2.21. The minimum absolute atomic E-state index is 0.206. The molecule has 0 amide bonds. The first kappa shape index (κ1) is 15.4. The Morgan fingerprint density at radius 2 is 1.62 bits per heavy atom. The van der Waals surface area contributed by atoms with Crippen LogP contribution in [0.25, 0.3) is 0 Å². The Kier molecular flexibility index (Phi) is 4.85. The van der Waals surface area contributed by atoms with Gasteiger partial charge in [0, 0.05) is 17.7 Å². The highest BCUT2D eigenvalue weighted by Crippen LogP contribution is 2.28. The van der Waals surface area contributed by atoms with Crippen LogP contribution in [0.3, 0.4) is 0 Å². The van der Waals surface area contributed by atoms with Crippen molar-refractivity contribution < 1.29 is 17.9 Å². The molecule has 0 fully saturated rings. The summed E-state index contributed by atoms with van der Waals surface area (Å²) in [5.74, 6) is -2.09. The van der Waals surface area contributed by atoms with E-state index in [1.165, 1.54) is 0 Å². The van der Waals surface area contributed by atoms with Crippen LogP contribution < -0.4 is 10.1 Å². The summed E-state index contributed by atoms with van der Waals surface area (Å²) in [5, 5.41) is 2.84. The monoisotopic (exact) mass is 295 g/mol. The first-order valence-corrected chi connectivity index (χ1v) is 6.61. The number of benzene rings is 2. The molecule has 0 saturated heterocycles. The largest absolute Gasteiger partial charge is 0.494 e. The van der Waals surface area contributed by atoms with Gasteiger partial charge in [-0.15, -0.1) is 0 Å². The molecule has 0 spiro atoms. The van der Waals surface area contributed by atoms with Gasteiger partial charge < -0.3 is 10.1 Å². The summed E-state index contributed by atoms with van der Waals surface area (Å²) in [7, 11) is 1.59. The Balaban J connectivity index is 2.40. The average molecular weight is 295 g/mol. The Hall–Kier alpha value is -2.01. The fourth-order valence-electron chi connectivity index (χ4n) is 2.23. The molecule has 112 valence electrons. The lowest BCUT2D eigenvalue weighted by atomic mass is 9.97. The number of nitrogens with one attached hydrogen (secondary N) is 1. The summed E-state index contributed by atoms with van der Waals surface area (Å²) in [6, 6.07) is 7.53. The molecule has 21 heavy (non-hydrogen) atoms. The van der Waals surface area contributed by atoms with Crippen molar-refractivity contribution in [2.75, 3.05) is 13.7 Å². The van der Waals surface area contributed by atoms with Crippen molar-refractivity contribution in [2.24, 2.45) is 0 Å². The Morgan fingerprint density at radius 3 is 2.10 bits per heavy atom. The second kappa shape index (κ2) is 6.63. The zero-order valence-electron chi connectivity index (χ0n) is 11.8. The fraction of sp³-hybridized carbons (Fsp3) is 0.250. The van der Waals surface area contributed by atoms with Crippen LogP contribution in [-0.2, 0) is 0 Å². The van der Waals surface area contributed by atoms with Gasteiger partial charge >= 0.3 is 0 Å². The van der Waals surface area contributed by atoms with Gasteiger partial charge in [-0.25, -0.2) is 13.2 Å². The number of hydrogen-bond acceptors (Lipinski definition) is 2. The standard InChI is InChI=1S/C16H16F3NO/c1-3-21-12-6-4-10(5-7-12)16(20-2)15-13(18)8-11(17)9-14(15)19/h4-9,16,20H,3H2,1-2H3. The van der Waals surface area contributed by atoms with E-state index in [0.717, 1.165) is 0 Å². The van der Waals surface area contributed by atoms with E-state index < -0.39 is 23.5 Å². The molecule has 0 bridgehead atoms. The number of hydrogen-bond donors (Lipinski definition) is 1. The van der Waals surface area contributed by atoms with Crippen LogP contribution in [0.1, 0.15) is 24.1 Å². The van der Waals surface area contributed by atoms with E-state index in [-0.39, 0.29) is 5.56 Å². The molecule has 0 heterocycles. The van der Waals surface area contributed by atoms with E-state index in [4.69, 9.17) is 4.74 Å². The van der Waals surface area contributed by atoms with E-state index in [1.54, 1.807) is 31.3 Å². The second-order valence-corrected chi connectivity index (χ2v) is 4.51. The Labute approximate surface area is 121 Å². The van der Waals surface area contributed by atoms with Crippen LogP contribution in [0.5, 0.6) is 5.75 Å². The van der Waals surface area contributed by atoms with Gasteiger partial charge in [-0.05, 0) is 31.7 Å². The number of halogens is 3. The molecular weight excluding hydrogens is 279 g/mol. The highest BCUT2D eigenvalue weighted by molar-refractivity contribution is 5.37. The number of ether oxygens (including phenoxy) is 1. The van der Waals surface area contributed by atoms with E-state index >= 15 is 0 Å². The average Bonchev–Trinajstić information content (AvgIpc) is 2.44. The molecule has 2 aromatic carbocycles. The van der Waals surface area contributed by atoms with Crippen molar-refractivity contribution in [1.29, 1.82) is 0 Å². The van der Waals surface area contributed by atoms with Gasteiger partial charge in [0.2, 0.25) is 0 Å². The normalized spacial score (nSPS) is 12.2. The fourth-order valence-corrected chi connectivity index (χ4v) is 2.23. The third kappa shape index (κ3) is 3.36. The maximum atomic E-state index is 13.9. The van der Waals surface area contributed by atoms with Crippen molar-refractivity contribution in [3.63, 3.8) is 0 Å². The van der Waals surface area contributed by atoms with E-state index in [1.807, 2.05) is 6.92 Å². The molecule has 1 atom stereocenters. The maximum Gasteiger partial charge on any atom is 0.134 e. The predicted octanol–water partition coefficient (Wildman–Crippen LogP) is 3.81. The first-order valence-electron chi connectivity index (χ1n) is 6.61. The predicted molar refractivity (Wildman–Crippen MR) is 74.8 cm³/mol. The molecule has 1 N–H and O–H groups in total. The Bertz CT molecular complexity index is 590. The van der Waals surface area contributed by atoms with Gasteiger partial charge in [0.25, 0.3) is 0 Å². The molecule has 0 aliphatic heterocycles. The van der Waals surface area contributed by atoms with Crippen LogP contribution in [-0.4, -0.2) is 13.7 Å². The van der Waals surface area contributed by atoms with Gasteiger partial charge in [0.05, 0.1) is 12.6 Å². The van der Waals surface area contributed by atoms with Crippen molar-refractivity contribution in [1.82, 2.24) is 5.32 Å². The van der Waals surface area contributed by atoms with Crippen molar-refractivity contribution in [3.8, 4) is 5.75 Å².